The van der Waals surface area contributed by atoms with Gasteiger partial charge in [-0.05, 0) is 38.5 Å². The van der Waals surface area contributed by atoms with Gasteiger partial charge in [0.1, 0.15) is 5.60 Å². The number of likely N-dealkylation sites (tertiary alicyclic amines) is 1. The smallest absolute Gasteiger partial charge is 0.417 e. The number of halogens is 1. The molecule has 0 saturated carbocycles. The molecule has 4 nitrogen and oxygen atoms in total. The summed E-state index contributed by atoms with van der Waals surface area (Å²) in [5, 5.41) is 0.655. The van der Waals surface area contributed by atoms with Gasteiger partial charge in [0.2, 0.25) is 5.91 Å². The molecule has 108 valence electrons. The van der Waals surface area contributed by atoms with Crippen LogP contribution in [0.5, 0.6) is 0 Å². The number of hydrogen-bond acceptors (Lipinski definition) is 3. The van der Waals surface area contributed by atoms with Crippen LogP contribution in [0.3, 0.4) is 0 Å². The second-order valence-corrected chi connectivity index (χ2v) is 6.37. The molecule has 1 fully saturated rings. The molecule has 1 saturated heterocycles. The summed E-state index contributed by atoms with van der Waals surface area (Å²) in [6.45, 7) is 5.70. The molecule has 0 unspecified atom stereocenters. The van der Waals surface area contributed by atoms with E-state index in [4.69, 9.17) is 16.3 Å². The third-order valence-electron chi connectivity index (χ3n) is 3.08. The van der Waals surface area contributed by atoms with E-state index in [0.717, 1.165) is 5.56 Å². The first-order valence-corrected chi connectivity index (χ1v) is 6.93. The van der Waals surface area contributed by atoms with Crippen molar-refractivity contribution in [3.8, 4) is 0 Å². The summed E-state index contributed by atoms with van der Waals surface area (Å²) in [7, 11) is 0. The van der Waals surface area contributed by atoms with Crippen molar-refractivity contribution >= 4 is 23.6 Å². The van der Waals surface area contributed by atoms with Gasteiger partial charge in [0.15, 0.2) is 0 Å². The van der Waals surface area contributed by atoms with Crippen molar-refractivity contribution < 1.29 is 14.3 Å². The summed E-state index contributed by atoms with van der Waals surface area (Å²) in [4.78, 5) is 25.1. The molecule has 0 radical (unpaired) electrons. The van der Waals surface area contributed by atoms with Crippen molar-refractivity contribution in [2.45, 2.75) is 38.7 Å². The van der Waals surface area contributed by atoms with Gasteiger partial charge in [-0.15, -0.1) is 0 Å². The van der Waals surface area contributed by atoms with Crippen molar-refractivity contribution in [1.82, 2.24) is 4.90 Å². The predicted octanol–water partition coefficient (Wildman–Crippen LogP) is 3.59. The molecular weight excluding hydrogens is 278 g/mol. The van der Waals surface area contributed by atoms with Gasteiger partial charge in [-0.25, -0.2) is 9.69 Å². The van der Waals surface area contributed by atoms with E-state index in [1.165, 1.54) is 4.90 Å². The predicted molar refractivity (Wildman–Crippen MR) is 76.8 cm³/mol. The fraction of sp³-hybridized carbons (Fsp3) is 0.467. The first-order chi connectivity index (χ1) is 9.26. The highest BCUT2D eigenvalue weighted by molar-refractivity contribution is 6.30. The first-order valence-electron chi connectivity index (χ1n) is 6.55. The Morgan fingerprint density at radius 3 is 2.45 bits per heavy atom. The molecule has 1 aliphatic rings. The lowest BCUT2D eigenvalue weighted by molar-refractivity contribution is -0.126. The molecule has 0 aromatic heterocycles. The van der Waals surface area contributed by atoms with Crippen molar-refractivity contribution in [2.75, 3.05) is 6.54 Å². The average Bonchev–Trinajstić information content (AvgIpc) is 2.70. The topological polar surface area (TPSA) is 46.6 Å². The summed E-state index contributed by atoms with van der Waals surface area (Å²) >= 11 is 5.85. The molecule has 0 bridgehead atoms. The maximum absolute atomic E-state index is 12.0. The van der Waals surface area contributed by atoms with Gasteiger partial charge in [-0.2, -0.15) is 0 Å². The number of nitrogens with zero attached hydrogens (tertiary/aromatic N) is 1. The number of carbonyl (C=O) groups excluding carboxylic acids is 2. The van der Waals surface area contributed by atoms with Crippen LogP contribution >= 0.6 is 11.6 Å². The number of benzene rings is 1. The minimum absolute atomic E-state index is 0.00675. The molecule has 1 aromatic rings. The van der Waals surface area contributed by atoms with Crippen molar-refractivity contribution in [1.29, 1.82) is 0 Å². The van der Waals surface area contributed by atoms with E-state index in [0.29, 0.717) is 18.0 Å². The Morgan fingerprint density at radius 1 is 1.30 bits per heavy atom. The molecule has 1 atom stereocenters. The van der Waals surface area contributed by atoms with Gasteiger partial charge in [0.05, 0.1) is 0 Å². The van der Waals surface area contributed by atoms with E-state index >= 15 is 0 Å². The van der Waals surface area contributed by atoms with Crippen LogP contribution in [0.2, 0.25) is 5.02 Å². The fourth-order valence-corrected chi connectivity index (χ4v) is 2.29. The third-order valence-corrected chi connectivity index (χ3v) is 3.33. The maximum atomic E-state index is 12.0. The summed E-state index contributed by atoms with van der Waals surface area (Å²) < 4.78 is 5.24. The number of ether oxygens (including phenoxy) is 1. The van der Waals surface area contributed by atoms with Crippen molar-refractivity contribution in [2.24, 2.45) is 0 Å². The lowest BCUT2D eigenvalue weighted by Gasteiger charge is -2.23. The molecular formula is C15H18ClNO3. The molecule has 1 aromatic carbocycles. The highest BCUT2D eigenvalue weighted by Crippen LogP contribution is 2.29. The average molecular weight is 296 g/mol. The van der Waals surface area contributed by atoms with Gasteiger partial charge in [0, 0.05) is 23.9 Å². The van der Waals surface area contributed by atoms with Crippen LogP contribution in [0, 0.1) is 0 Å². The minimum atomic E-state index is -0.601. The molecule has 20 heavy (non-hydrogen) atoms. The molecule has 2 amide bonds. The summed E-state index contributed by atoms with van der Waals surface area (Å²) in [5.74, 6) is -0.188. The number of amides is 2. The van der Waals surface area contributed by atoms with Crippen molar-refractivity contribution in [3.63, 3.8) is 0 Å². The van der Waals surface area contributed by atoms with Crippen LogP contribution in [0.1, 0.15) is 38.7 Å². The normalized spacial score (nSPS) is 19.3. The molecule has 0 aliphatic carbocycles. The highest BCUT2D eigenvalue weighted by atomic mass is 35.5. The zero-order chi connectivity index (χ0) is 14.9. The minimum Gasteiger partial charge on any atom is -0.443 e. The summed E-state index contributed by atoms with van der Waals surface area (Å²) in [5.41, 5.74) is 0.407. The van der Waals surface area contributed by atoms with Crippen LogP contribution in [0.25, 0.3) is 0 Å². The number of imide groups is 1. The Kier molecular flexibility index (Phi) is 4.04. The lowest BCUT2D eigenvalue weighted by atomic mass is 9.98. The Morgan fingerprint density at radius 2 is 1.90 bits per heavy atom. The van der Waals surface area contributed by atoms with Crippen LogP contribution in [0.4, 0.5) is 4.79 Å². The molecule has 0 N–H and O–H groups in total. The lowest BCUT2D eigenvalue weighted by Crippen LogP contribution is -2.37. The Balaban J connectivity index is 2.07. The zero-order valence-electron chi connectivity index (χ0n) is 11.9. The van der Waals surface area contributed by atoms with Gasteiger partial charge in [-0.1, -0.05) is 23.7 Å². The van der Waals surface area contributed by atoms with Gasteiger partial charge in [0.25, 0.3) is 0 Å². The first kappa shape index (κ1) is 14.9. The molecule has 1 heterocycles. The maximum Gasteiger partial charge on any atom is 0.417 e. The largest absolute Gasteiger partial charge is 0.443 e. The molecule has 2 rings (SSSR count). The Hall–Kier alpha value is -1.55. The highest BCUT2D eigenvalue weighted by Gasteiger charge is 2.36. The molecule has 5 heteroatoms. The third kappa shape index (κ3) is 3.51. The monoisotopic (exact) mass is 295 g/mol. The summed E-state index contributed by atoms with van der Waals surface area (Å²) in [6, 6.07) is 7.35. The van der Waals surface area contributed by atoms with Gasteiger partial charge >= 0.3 is 6.09 Å². The SMILES string of the molecule is CC(C)(C)OC(=O)N1C[C@@H](c2ccc(Cl)cc2)CC1=O. The Bertz CT molecular complexity index is 519. The van der Waals surface area contributed by atoms with E-state index in [1.54, 1.807) is 32.9 Å². The van der Waals surface area contributed by atoms with Crippen LogP contribution < -0.4 is 0 Å². The number of rotatable bonds is 1. The second kappa shape index (κ2) is 5.44. The van der Waals surface area contributed by atoms with Crippen LogP contribution in [-0.4, -0.2) is 29.0 Å². The van der Waals surface area contributed by atoms with Crippen LogP contribution in [-0.2, 0) is 9.53 Å². The fourth-order valence-electron chi connectivity index (χ4n) is 2.16. The van der Waals surface area contributed by atoms with E-state index in [2.05, 4.69) is 0 Å². The van der Waals surface area contributed by atoms with E-state index in [1.807, 2.05) is 12.1 Å². The zero-order valence-corrected chi connectivity index (χ0v) is 12.6. The van der Waals surface area contributed by atoms with E-state index < -0.39 is 11.7 Å². The number of hydrogen-bond donors (Lipinski definition) is 0. The van der Waals surface area contributed by atoms with Gasteiger partial charge in [-0.3, -0.25) is 4.79 Å². The summed E-state index contributed by atoms with van der Waals surface area (Å²) in [6.07, 6.45) is -0.250. The Labute approximate surface area is 123 Å². The van der Waals surface area contributed by atoms with E-state index in [9.17, 15) is 9.59 Å². The van der Waals surface area contributed by atoms with E-state index in [-0.39, 0.29) is 11.8 Å². The van der Waals surface area contributed by atoms with Crippen LogP contribution in [0.15, 0.2) is 24.3 Å². The molecule has 1 aliphatic heterocycles. The number of carbonyl (C=O) groups is 2. The van der Waals surface area contributed by atoms with Gasteiger partial charge < -0.3 is 4.74 Å². The second-order valence-electron chi connectivity index (χ2n) is 5.94. The standard InChI is InChI=1S/C15H18ClNO3/c1-15(2,3)20-14(19)17-9-11(8-13(17)18)10-4-6-12(16)7-5-10/h4-7,11H,8-9H2,1-3H3/t11-/m0/s1. The molecule has 0 spiro atoms. The van der Waals surface area contributed by atoms with Crippen molar-refractivity contribution in [3.05, 3.63) is 34.9 Å². The quantitative estimate of drug-likeness (QED) is 0.795.